The molecule has 0 radical (unpaired) electrons. The lowest BCUT2D eigenvalue weighted by Gasteiger charge is -2.01. The number of benzene rings is 1. The van der Waals surface area contributed by atoms with E-state index in [1.54, 1.807) is 24.3 Å². The van der Waals surface area contributed by atoms with Crippen molar-refractivity contribution >= 4 is 17.3 Å². The van der Waals surface area contributed by atoms with E-state index in [4.69, 9.17) is 5.73 Å². The molecule has 1 aromatic carbocycles. The van der Waals surface area contributed by atoms with Crippen LogP contribution in [0.3, 0.4) is 0 Å². The van der Waals surface area contributed by atoms with Gasteiger partial charge in [-0.3, -0.25) is 9.59 Å². The van der Waals surface area contributed by atoms with E-state index in [-0.39, 0.29) is 11.6 Å². The lowest BCUT2D eigenvalue weighted by atomic mass is 10.0. The Hall–Kier alpha value is -1.64. The van der Waals surface area contributed by atoms with Crippen molar-refractivity contribution < 1.29 is 9.59 Å². The maximum absolute atomic E-state index is 11.7. The molecule has 0 aliphatic heterocycles. The highest BCUT2D eigenvalue weighted by Crippen LogP contribution is 2.10. The van der Waals surface area contributed by atoms with E-state index < -0.39 is 0 Å². The standard InChI is InChI=1S/C13H17NO2/c1-2-12(15)4-3-5-13(16)10-6-8-11(14)9-7-10/h6-9H,2-5,14H2,1H3. The second kappa shape index (κ2) is 6.05. The summed E-state index contributed by atoms with van der Waals surface area (Å²) in [5.74, 6) is 0.286. The van der Waals surface area contributed by atoms with Crippen LogP contribution in [0.5, 0.6) is 0 Å². The van der Waals surface area contributed by atoms with Gasteiger partial charge in [0.05, 0.1) is 0 Å². The highest BCUT2D eigenvalue weighted by Gasteiger charge is 2.06. The summed E-state index contributed by atoms with van der Waals surface area (Å²) in [7, 11) is 0. The van der Waals surface area contributed by atoms with Crippen molar-refractivity contribution in [2.24, 2.45) is 0 Å². The van der Waals surface area contributed by atoms with Gasteiger partial charge in [0.1, 0.15) is 5.78 Å². The van der Waals surface area contributed by atoms with E-state index in [0.717, 1.165) is 0 Å². The van der Waals surface area contributed by atoms with Crippen LogP contribution in [0.25, 0.3) is 0 Å². The second-order valence-electron chi connectivity index (χ2n) is 3.79. The minimum Gasteiger partial charge on any atom is -0.399 e. The first kappa shape index (κ1) is 12.4. The van der Waals surface area contributed by atoms with Gasteiger partial charge < -0.3 is 5.73 Å². The fraction of sp³-hybridized carbons (Fsp3) is 0.385. The molecule has 0 aliphatic rings. The van der Waals surface area contributed by atoms with Crippen molar-refractivity contribution in [3.8, 4) is 0 Å². The first-order chi connectivity index (χ1) is 7.63. The molecule has 86 valence electrons. The number of hydrogen-bond acceptors (Lipinski definition) is 3. The van der Waals surface area contributed by atoms with Gasteiger partial charge in [-0.05, 0) is 30.7 Å². The van der Waals surface area contributed by atoms with E-state index in [1.807, 2.05) is 6.92 Å². The zero-order chi connectivity index (χ0) is 12.0. The van der Waals surface area contributed by atoms with Crippen LogP contribution in [0.1, 0.15) is 43.0 Å². The zero-order valence-corrected chi connectivity index (χ0v) is 9.53. The molecule has 0 saturated heterocycles. The van der Waals surface area contributed by atoms with Crippen molar-refractivity contribution in [1.29, 1.82) is 0 Å². The lowest BCUT2D eigenvalue weighted by Crippen LogP contribution is -2.02. The minimum atomic E-state index is 0.0731. The fourth-order valence-electron chi connectivity index (χ4n) is 1.44. The van der Waals surface area contributed by atoms with Gasteiger partial charge in [0.2, 0.25) is 0 Å². The second-order valence-corrected chi connectivity index (χ2v) is 3.79. The average molecular weight is 219 g/mol. The summed E-state index contributed by atoms with van der Waals surface area (Å²) in [5, 5.41) is 0. The van der Waals surface area contributed by atoms with E-state index in [9.17, 15) is 9.59 Å². The molecule has 0 spiro atoms. The molecule has 0 aromatic heterocycles. The number of carbonyl (C=O) groups excluding carboxylic acids is 2. The molecule has 0 unspecified atom stereocenters. The van der Waals surface area contributed by atoms with Crippen LogP contribution in [-0.2, 0) is 4.79 Å². The zero-order valence-electron chi connectivity index (χ0n) is 9.53. The van der Waals surface area contributed by atoms with Crippen LogP contribution < -0.4 is 5.73 Å². The summed E-state index contributed by atoms with van der Waals surface area (Å²) >= 11 is 0. The number of Topliss-reactive ketones (excluding diaryl/α,β-unsaturated/α-hetero) is 2. The minimum absolute atomic E-state index is 0.0731. The van der Waals surface area contributed by atoms with Crippen LogP contribution >= 0.6 is 0 Å². The van der Waals surface area contributed by atoms with Crippen LogP contribution in [0.15, 0.2) is 24.3 Å². The Morgan fingerprint density at radius 1 is 1.12 bits per heavy atom. The molecule has 0 amide bonds. The summed E-state index contributed by atoms with van der Waals surface area (Å²) < 4.78 is 0. The molecule has 0 atom stereocenters. The summed E-state index contributed by atoms with van der Waals surface area (Å²) in [6.07, 6.45) is 2.11. The molecule has 0 fully saturated rings. The molecule has 3 heteroatoms. The molecule has 1 aromatic rings. The van der Waals surface area contributed by atoms with Crippen molar-refractivity contribution in [2.75, 3.05) is 5.73 Å². The molecule has 0 bridgehead atoms. The van der Waals surface area contributed by atoms with Crippen molar-refractivity contribution in [3.63, 3.8) is 0 Å². The van der Waals surface area contributed by atoms with Crippen LogP contribution in [0.4, 0.5) is 5.69 Å². The van der Waals surface area contributed by atoms with Crippen molar-refractivity contribution in [1.82, 2.24) is 0 Å². The van der Waals surface area contributed by atoms with Crippen LogP contribution in [-0.4, -0.2) is 11.6 Å². The van der Waals surface area contributed by atoms with E-state index >= 15 is 0 Å². The number of carbonyl (C=O) groups is 2. The third-order valence-corrected chi connectivity index (χ3v) is 2.49. The Morgan fingerprint density at radius 3 is 2.31 bits per heavy atom. The maximum atomic E-state index is 11.7. The Bertz CT molecular complexity index is 368. The number of hydrogen-bond donors (Lipinski definition) is 1. The molecule has 3 nitrogen and oxygen atoms in total. The maximum Gasteiger partial charge on any atom is 0.162 e. The van der Waals surface area contributed by atoms with Gasteiger partial charge in [-0.2, -0.15) is 0 Å². The van der Waals surface area contributed by atoms with E-state index in [2.05, 4.69) is 0 Å². The van der Waals surface area contributed by atoms with Gasteiger partial charge >= 0.3 is 0 Å². The molecule has 0 aliphatic carbocycles. The molecule has 0 heterocycles. The van der Waals surface area contributed by atoms with Gasteiger partial charge in [0.15, 0.2) is 5.78 Å². The average Bonchev–Trinajstić information content (AvgIpc) is 2.29. The number of nitrogen functional groups attached to an aromatic ring is 1. The number of anilines is 1. The van der Waals surface area contributed by atoms with Gasteiger partial charge in [0, 0.05) is 30.5 Å². The SMILES string of the molecule is CCC(=O)CCCC(=O)c1ccc(N)cc1. The monoisotopic (exact) mass is 219 g/mol. The van der Waals surface area contributed by atoms with E-state index in [0.29, 0.717) is 36.9 Å². The highest BCUT2D eigenvalue weighted by molar-refractivity contribution is 5.96. The summed E-state index contributed by atoms with van der Waals surface area (Å²) in [5.41, 5.74) is 6.84. The van der Waals surface area contributed by atoms with Gasteiger partial charge in [0.25, 0.3) is 0 Å². The summed E-state index contributed by atoms with van der Waals surface area (Å²) in [4.78, 5) is 22.7. The third-order valence-electron chi connectivity index (χ3n) is 2.49. The van der Waals surface area contributed by atoms with Gasteiger partial charge in [-0.15, -0.1) is 0 Å². The Labute approximate surface area is 95.6 Å². The molecule has 2 N–H and O–H groups in total. The van der Waals surface area contributed by atoms with E-state index in [1.165, 1.54) is 0 Å². The quantitative estimate of drug-likeness (QED) is 0.591. The summed E-state index contributed by atoms with van der Waals surface area (Å²) in [6, 6.07) is 6.87. The predicted molar refractivity (Wildman–Crippen MR) is 64.3 cm³/mol. The molecular weight excluding hydrogens is 202 g/mol. The highest BCUT2D eigenvalue weighted by atomic mass is 16.1. The van der Waals surface area contributed by atoms with Crippen LogP contribution in [0.2, 0.25) is 0 Å². The first-order valence-electron chi connectivity index (χ1n) is 5.54. The predicted octanol–water partition coefficient (Wildman–Crippen LogP) is 2.60. The Morgan fingerprint density at radius 2 is 1.75 bits per heavy atom. The number of rotatable bonds is 6. The van der Waals surface area contributed by atoms with Crippen LogP contribution in [0, 0.1) is 0 Å². The van der Waals surface area contributed by atoms with Gasteiger partial charge in [-0.1, -0.05) is 6.92 Å². The molecule has 1 rings (SSSR count). The molecule has 0 saturated carbocycles. The summed E-state index contributed by atoms with van der Waals surface area (Å²) in [6.45, 7) is 1.84. The third kappa shape index (κ3) is 3.85. The number of nitrogens with two attached hydrogens (primary N) is 1. The van der Waals surface area contributed by atoms with Crippen molar-refractivity contribution in [3.05, 3.63) is 29.8 Å². The molecule has 16 heavy (non-hydrogen) atoms. The molecular formula is C13H17NO2. The van der Waals surface area contributed by atoms with Crippen molar-refractivity contribution in [2.45, 2.75) is 32.6 Å². The fourth-order valence-corrected chi connectivity index (χ4v) is 1.44. The van der Waals surface area contributed by atoms with Gasteiger partial charge in [-0.25, -0.2) is 0 Å². The topological polar surface area (TPSA) is 60.2 Å². The Kier molecular flexibility index (Phi) is 4.70. The normalized spacial score (nSPS) is 10.1. The largest absolute Gasteiger partial charge is 0.399 e. The smallest absolute Gasteiger partial charge is 0.162 e. The lowest BCUT2D eigenvalue weighted by molar-refractivity contribution is -0.118. The Balaban J connectivity index is 2.41. The number of ketones is 2. The first-order valence-corrected chi connectivity index (χ1v) is 5.54.